The smallest absolute Gasteiger partial charge is 0.354 e. The Morgan fingerprint density at radius 1 is 1.33 bits per heavy atom. The highest BCUT2D eigenvalue weighted by atomic mass is 16.4. The molecule has 1 aliphatic heterocycles. The molecule has 0 saturated carbocycles. The van der Waals surface area contributed by atoms with Crippen LogP contribution in [0.4, 0.5) is 5.69 Å². The van der Waals surface area contributed by atoms with Crippen molar-refractivity contribution in [2.75, 3.05) is 31.1 Å². The molecule has 1 saturated heterocycles. The maximum atomic E-state index is 11.7. The average Bonchev–Trinajstić information content (AvgIpc) is 2.59. The maximum absolute atomic E-state index is 11.7. The van der Waals surface area contributed by atoms with Crippen molar-refractivity contribution in [3.8, 4) is 0 Å². The van der Waals surface area contributed by atoms with Gasteiger partial charge in [-0.1, -0.05) is 13.5 Å². The number of carbonyl (C=O) groups is 2. The van der Waals surface area contributed by atoms with Gasteiger partial charge < -0.3 is 14.9 Å². The quantitative estimate of drug-likeness (QED) is 0.855. The Hall–Kier alpha value is -2.37. The zero-order chi connectivity index (χ0) is 17.3. The molecule has 2 heterocycles. The number of hydrogen-bond acceptors (Lipinski definition) is 4. The zero-order valence-electron chi connectivity index (χ0n) is 14.0. The van der Waals surface area contributed by atoms with Crippen molar-refractivity contribution in [3.63, 3.8) is 0 Å². The average molecular weight is 329 g/mol. The fourth-order valence-electron chi connectivity index (χ4n) is 3.56. The molecule has 1 aromatic rings. The summed E-state index contributed by atoms with van der Waals surface area (Å²) in [4.78, 5) is 31.5. The summed E-state index contributed by atoms with van der Waals surface area (Å²) in [7, 11) is 0. The largest absolute Gasteiger partial charge is 0.477 e. The molecule has 0 radical (unpaired) electrons. The minimum atomic E-state index is -0.988. The van der Waals surface area contributed by atoms with E-state index < -0.39 is 5.97 Å². The number of aromatic carboxylic acids is 1. The van der Waals surface area contributed by atoms with Crippen LogP contribution in [0.5, 0.6) is 0 Å². The molecule has 1 N–H and O–H groups in total. The van der Waals surface area contributed by atoms with Gasteiger partial charge in [-0.25, -0.2) is 9.78 Å². The molecule has 1 amide bonds. The van der Waals surface area contributed by atoms with Gasteiger partial charge in [-0.3, -0.25) is 4.79 Å². The summed E-state index contributed by atoms with van der Waals surface area (Å²) in [5, 5.41) is 9.38. The molecule has 0 spiro atoms. The molecular formula is C18H23N3O3. The summed E-state index contributed by atoms with van der Waals surface area (Å²) in [5.41, 5.74) is 3.20. The van der Waals surface area contributed by atoms with Gasteiger partial charge in [0.15, 0.2) is 5.69 Å². The molecule has 3 rings (SSSR count). The van der Waals surface area contributed by atoms with Gasteiger partial charge in [-0.15, -0.1) is 0 Å². The van der Waals surface area contributed by atoms with Crippen LogP contribution in [0.25, 0.3) is 0 Å². The number of carboxylic acid groups (broad SMARTS) is 1. The lowest BCUT2D eigenvalue weighted by atomic mass is 9.86. The van der Waals surface area contributed by atoms with Crippen molar-refractivity contribution >= 4 is 17.6 Å². The number of piperazine rings is 1. The van der Waals surface area contributed by atoms with Gasteiger partial charge in [-0.05, 0) is 42.9 Å². The third-order valence-corrected chi connectivity index (χ3v) is 4.94. The zero-order valence-corrected chi connectivity index (χ0v) is 14.0. The van der Waals surface area contributed by atoms with E-state index >= 15 is 0 Å². The summed E-state index contributed by atoms with van der Waals surface area (Å²) >= 11 is 0. The van der Waals surface area contributed by atoms with E-state index in [9.17, 15) is 14.7 Å². The van der Waals surface area contributed by atoms with E-state index in [0.29, 0.717) is 32.1 Å². The molecule has 0 aromatic carbocycles. The number of amides is 1. The van der Waals surface area contributed by atoms with E-state index in [1.54, 1.807) is 11.0 Å². The number of rotatable bonds is 3. The fraction of sp³-hybridized carbons (Fsp3) is 0.500. The summed E-state index contributed by atoms with van der Waals surface area (Å²) in [6.45, 7) is 8.36. The summed E-state index contributed by atoms with van der Waals surface area (Å²) in [6.07, 6.45) is 4.21. The number of fused-ring (bicyclic) bond motifs is 1. The van der Waals surface area contributed by atoms with Crippen LogP contribution in [-0.2, 0) is 17.6 Å². The van der Waals surface area contributed by atoms with Crippen LogP contribution in [0.3, 0.4) is 0 Å². The van der Waals surface area contributed by atoms with Crippen molar-refractivity contribution in [2.45, 2.75) is 26.2 Å². The number of carbonyl (C=O) groups excluding carboxylic acids is 1. The van der Waals surface area contributed by atoms with E-state index in [0.717, 1.165) is 30.6 Å². The van der Waals surface area contributed by atoms with Crippen molar-refractivity contribution in [2.24, 2.45) is 5.92 Å². The number of anilines is 1. The van der Waals surface area contributed by atoms with Crippen LogP contribution in [0.1, 0.15) is 35.1 Å². The summed E-state index contributed by atoms with van der Waals surface area (Å²) in [6, 6.07) is 1.70. The first-order valence-electron chi connectivity index (χ1n) is 8.42. The van der Waals surface area contributed by atoms with E-state index in [-0.39, 0.29) is 11.6 Å². The second-order valence-corrected chi connectivity index (χ2v) is 6.62. The van der Waals surface area contributed by atoms with Gasteiger partial charge in [0.05, 0.1) is 0 Å². The third kappa shape index (κ3) is 3.13. The summed E-state index contributed by atoms with van der Waals surface area (Å²) in [5.74, 6) is -0.506. The first-order chi connectivity index (χ1) is 11.5. The topological polar surface area (TPSA) is 73.7 Å². The van der Waals surface area contributed by atoms with Crippen LogP contribution in [0, 0.1) is 5.92 Å². The van der Waals surface area contributed by atoms with E-state index in [1.165, 1.54) is 11.6 Å². The summed E-state index contributed by atoms with van der Waals surface area (Å²) < 4.78 is 0. The SMILES string of the molecule is C=CC(=O)N1CCN(c2cc(C(=O)O)nc3c2CCC(C)C3)CC1. The lowest BCUT2D eigenvalue weighted by molar-refractivity contribution is -0.126. The van der Waals surface area contributed by atoms with Crippen molar-refractivity contribution < 1.29 is 14.7 Å². The molecular weight excluding hydrogens is 306 g/mol. The van der Waals surface area contributed by atoms with E-state index in [2.05, 4.69) is 23.4 Å². The standard InChI is InChI=1S/C18H23N3O3/c1-3-17(22)21-8-6-20(7-9-21)16-11-15(18(23)24)19-14-10-12(2)4-5-13(14)16/h3,11-12H,1,4-10H2,2H3,(H,23,24). The Kier molecular flexibility index (Phi) is 4.55. The highest BCUT2D eigenvalue weighted by Crippen LogP contribution is 2.33. The lowest BCUT2D eigenvalue weighted by Gasteiger charge is -2.37. The first-order valence-corrected chi connectivity index (χ1v) is 8.42. The van der Waals surface area contributed by atoms with Crippen LogP contribution in [0.2, 0.25) is 0 Å². The van der Waals surface area contributed by atoms with Gasteiger partial charge in [0, 0.05) is 37.6 Å². The fourth-order valence-corrected chi connectivity index (χ4v) is 3.56. The molecule has 1 aliphatic carbocycles. The second kappa shape index (κ2) is 6.63. The molecule has 24 heavy (non-hydrogen) atoms. The van der Waals surface area contributed by atoms with Crippen molar-refractivity contribution in [3.05, 3.63) is 35.7 Å². The molecule has 0 bridgehead atoms. The molecule has 1 aromatic heterocycles. The van der Waals surface area contributed by atoms with Gasteiger partial charge in [-0.2, -0.15) is 0 Å². The molecule has 1 unspecified atom stereocenters. The minimum absolute atomic E-state index is 0.0496. The highest BCUT2D eigenvalue weighted by Gasteiger charge is 2.27. The van der Waals surface area contributed by atoms with Gasteiger partial charge >= 0.3 is 5.97 Å². The minimum Gasteiger partial charge on any atom is -0.477 e. The number of carboxylic acids is 1. The number of nitrogens with zero attached hydrogens (tertiary/aromatic N) is 3. The van der Waals surface area contributed by atoms with Gasteiger partial charge in [0.2, 0.25) is 5.91 Å². The number of hydrogen-bond donors (Lipinski definition) is 1. The van der Waals surface area contributed by atoms with Crippen LogP contribution >= 0.6 is 0 Å². The van der Waals surface area contributed by atoms with E-state index in [4.69, 9.17) is 0 Å². The molecule has 128 valence electrons. The predicted octanol–water partition coefficient (Wildman–Crippen LogP) is 1.74. The van der Waals surface area contributed by atoms with Crippen molar-refractivity contribution in [1.29, 1.82) is 0 Å². The van der Waals surface area contributed by atoms with Crippen LogP contribution < -0.4 is 4.90 Å². The Labute approximate surface area is 141 Å². The van der Waals surface area contributed by atoms with Gasteiger partial charge in [0.1, 0.15) is 0 Å². The predicted molar refractivity (Wildman–Crippen MR) is 91.4 cm³/mol. The third-order valence-electron chi connectivity index (χ3n) is 4.94. The Morgan fingerprint density at radius 2 is 2.04 bits per heavy atom. The Morgan fingerprint density at radius 3 is 2.67 bits per heavy atom. The second-order valence-electron chi connectivity index (χ2n) is 6.62. The Balaban J connectivity index is 1.89. The molecule has 2 aliphatic rings. The number of aromatic nitrogens is 1. The van der Waals surface area contributed by atoms with Crippen molar-refractivity contribution in [1.82, 2.24) is 9.88 Å². The lowest BCUT2D eigenvalue weighted by Crippen LogP contribution is -2.48. The Bertz CT molecular complexity index is 678. The highest BCUT2D eigenvalue weighted by molar-refractivity contribution is 5.88. The van der Waals surface area contributed by atoms with Gasteiger partial charge in [0.25, 0.3) is 0 Å². The monoisotopic (exact) mass is 329 g/mol. The van der Waals surface area contributed by atoms with Crippen LogP contribution in [-0.4, -0.2) is 53.0 Å². The van der Waals surface area contributed by atoms with E-state index in [1.807, 2.05) is 0 Å². The molecule has 1 atom stereocenters. The normalized spacial score (nSPS) is 20.5. The molecule has 6 nitrogen and oxygen atoms in total. The molecule has 1 fully saturated rings. The number of pyridine rings is 1. The maximum Gasteiger partial charge on any atom is 0.354 e. The first kappa shape index (κ1) is 16.5. The van der Waals surface area contributed by atoms with Crippen LogP contribution in [0.15, 0.2) is 18.7 Å². The molecule has 6 heteroatoms.